The lowest BCUT2D eigenvalue weighted by Gasteiger charge is -2.17. The van der Waals surface area contributed by atoms with Crippen molar-refractivity contribution < 1.29 is 4.79 Å². The first-order chi connectivity index (χ1) is 8.15. The number of halogens is 1. The molecule has 0 aliphatic heterocycles. The quantitative estimate of drug-likeness (QED) is 0.846. The van der Waals surface area contributed by atoms with E-state index in [1.54, 1.807) is 24.3 Å². The molecule has 1 rings (SSSR count). The molecule has 0 heterocycles. The van der Waals surface area contributed by atoms with E-state index in [1.807, 2.05) is 0 Å². The highest BCUT2D eigenvalue weighted by molar-refractivity contribution is 6.30. The van der Waals surface area contributed by atoms with Gasteiger partial charge in [0.1, 0.15) is 0 Å². The smallest absolute Gasteiger partial charge is 0.225 e. The monoisotopic (exact) mass is 254 g/mol. The van der Waals surface area contributed by atoms with Gasteiger partial charge in [-0.1, -0.05) is 25.4 Å². The van der Waals surface area contributed by atoms with E-state index < -0.39 is 0 Å². The third-order valence-corrected chi connectivity index (χ3v) is 2.93. The molecule has 17 heavy (non-hydrogen) atoms. The van der Waals surface area contributed by atoms with Gasteiger partial charge in [-0.25, -0.2) is 0 Å². The molecule has 0 atom stereocenters. The molecule has 0 spiro atoms. The summed E-state index contributed by atoms with van der Waals surface area (Å²) in [6, 6.07) is 7.14. The van der Waals surface area contributed by atoms with Gasteiger partial charge < -0.3 is 10.2 Å². The minimum atomic E-state index is 0.0409. The molecule has 0 radical (unpaired) electrons. The van der Waals surface area contributed by atoms with E-state index >= 15 is 0 Å². The van der Waals surface area contributed by atoms with Crippen LogP contribution >= 0.6 is 11.6 Å². The number of anilines is 1. The lowest BCUT2D eigenvalue weighted by atomic mass is 10.3. The maximum absolute atomic E-state index is 11.7. The van der Waals surface area contributed by atoms with Crippen LogP contribution in [0.1, 0.15) is 20.3 Å². The Labute approximate surface area is 108 Å². The summed E-state index contributed by atoms with van der Waals surface area (Å²) in [5.41, 5.74) is 0.791. The van der Waals surface area contributed by atoms with Gasteiger partial charge in [-0.3, -0.25) is 4.79 Å². The lowest BCUT2D eigenvalue weighted by Crippen LogP contribution is -2.27. The number of nitrogens with zero attached hydrogens (tertiary/aromatic N) is 1. The zero-order valence-corrected chi connectivity index (χ0v) is 11.1. The molecule has 0 saturated carbocycles. The fourth-order valence-electron chi connectivity index (χ4n) is 1.56. The van der Waals surface area contributed by atoms with Gasteiger partial charge in [0.15, 0.2) is 0 Å². The van der Waals surface area contributed by atoms with Crippen molar-refractivity contribution in [3.63, 3.8) is 0 Å². The summed E-state index contributed by atoms with van der Waals surface area (Å²) >= 11 is 5.77. The number of carbonyl (C=O) groups is 1. The van der Waals surface area contributed by atoms with E-state index in [2.05, 4.69) is 24.1 Å². The normalized spacial score (nSPS) is 10.6. The molecule has 1 aromatic rings. The van der Waals surface area contributed by atoms with Gasteiger partial charge >= 0.3 is 0 Å². The highest BCUT2D eigenvalue weighted by Crippen LogP contribution is 2.13. The summed E-state index contributed by atoms with van der Waals surface area (Å²) < 4.78 is 0. The van der Waals surface area contributed by atoms with E-state index in [0.29, 0.717) is 11.4 Å². The van der Waals surface area contributed by atoms with Crippen molar-refractivity contribution in [2.75, 3.05) is 25.0 Å². The number of nitrogens with one attached hydrogen (secondary N) is 1. The SMILES string of the molecule is CCN(CC)CCC(=O)Nc1ccc(Cl)cc1. The van der Waals surface area contributed by atoms with Crippen LogP contribution in [0.2, 0.25) is 5.02 Å². The van der Waals surface area contributed by atoms with Gasteiger partial charge in [-0.2, -0.15) is 0 Å². The van der Waals surface area contributed by atoms with Gasteiger partial charge in [0.2, 0.25) is 5.91 Å². The molecular formula is C13H19ClN2O. The number of amides is 1. The van der Waals surface area contributed by atoms with E-state index in [1.165, 1.54) is 0 Å². The van der Waals surface area contributed by atoms with Crippen molar-refractivity contribution in [3.8, 4) is 0 Å². The van der Waals surface area contributed by atoms with Crippen LogP contribution in [0.5, 0.6) is 0 Å². The van der Waals surface area contributed by atoms with Gasteiger partial charge in [-0.15, -0.1) is 0 Å². The molecule has 1 amide bonds. The molecular weight excluding hydrogens is 236 g/mol. The molecule has 0 bridgehead atoms. The van der Waals surface area contributed by atoms with E-state index in [0.717, 1.165) is 25.3 Å². The molecule has 1 aromatic carbocycles. The van der Waals surface area contributed by atoms with Crippen molar-refractivity contribution in [2.24, 2.45) is 0 Å². The maximum Gasteiger partial charge on any atom is 0.225 e. The van der Waals surface area contributed by atoms with Crippen molar-refractivity contribution >= 4 is 23.2 Å². The molecule has 0 aliphatic carbocycles. The third-order valence-electron chi connectivity index (χ3n) is 2.68. The van der Waals surface area contributed by atoms with Gasteiger partial charge in [0.25, 0.3) is 0 Å². The molecule has 0 unspecified atom stereocenters. The van der Waals surface area contributed by atoms with E-state index in [9.17, 15) is 4.79 Å². The van der Waals surface area contributed by atoms with Crippen LogP contribution in [0.3, 0.4) is 0 Å². The predicted molar refractivity (Wildman–Crippen MR) is 72.5 cm³/mol. The minimum Gasteiger partial charge on any atom is -0.326 e. The van der Waals surface area contributed by atoms with Crippen molar-refractivity contribution in [1.29, 1.82) is 0 Å². The summed E-state index contributed by atoms with van der Waals surface area (Å²) in [6.07, 6.45) is 0.518. The molecule has 0 aromatic heterocycles. The molecule has 1 N–H and O–H groups in total. The average molecular weight is 255 g/mol. The highest BCUT2D eigenvalue weighted by atomic mass is 35.5. The second-order valence-electron chi connectivity index (χ2n) is 3.83. The van der Waals surface area contributed by atoms with E-state index in [4.69, 9.17) is 11.6 Å². The standard InChI is InChI=1S/C13H19ClN2O/c1-3-16(4-2)10-9-13(17)15-12-7-5-11(14)6-8-12/h5-8H,3-4,9-10H2,1-2H3,(H,15,17). The number of rotatable bonds is 6. The Morgan fingerprint density at radius 1 is 1.24 bits per heavy atom. The first-order valence-electron chi connectivity index (χ1n) is 5.93. The van der Waals surface area contributed by atoms with Crippen LogP contribution in [-0.4, -0.2) is 30.4 Å². The number of carbonyl (C=O) groups excluding carboxylic acids is 1. The molecule has 0 saturated heterocycles. The van der Waals surface area contributed by atoms with Crippen molar-refractivity contribution in [1.82, 2.24) is 4.90 Å². The molecule has 0 fully saturated rings. The molecule has 94 valence electrons. The Morgan fingerprint density at radius 2 is 1.82 bits per heavy atom. The van der Waals surface area contributed by atoms with E-state index in [-0.39, 0.29) is 5.91 Å². The fraction of sp³-hybridized carbons (Fsp3) is 0.462. The summed E-state index contributed by atoms with van der Waals surface area (Å²) in [5, 5.41) is 3.52. The Bertz CT molecular complexity index is 347. The zero-order chi connectivity index (χ0) is 12.7. The molecule has 4 heteroatoms. The minimum absolute atomic E-state index is 0.0409. The maximum atomic E-state index is 11.7. The predicted octanol–water partition coefficient (Wildman–Crippen LogP) is 3.01. The van der Waals surface area contributed by atoms with Gasteiger partial charge in [-0.05, 0) is 37.4 Å². The fourth-order valence-corrected chi connectivity index (χ4v) is 1.68. The summed E-state index contributed by atoms with van der Waals surface area (Å²) in [7, 11) is 0. The Hall–Kier alpha value is -1.06. The lowest BCUT2D eigenvalue weighted by molar-refractivity contribution is -0.116. The van der Waals surface area contributed by atoms with Crippen LogP contribution < -0.4 is 5.32 Å². The Balaban J connectivity index is 2.37. The second-order valence-corrected chi connectivity index (χ2v) is 4.27. The summed E-state index contributed by atoms with van der Waals surface area (Å²) in [6.45, 7) is 6.95. The summed E-state index contributed by atoms with van der Waals surface area (Å²) in [5.74, 6) is 0.0409. The first kappa shape index (κ1) is 14.0. The van der Waals surface area contributed by atoms with Gasteiger partial charge in [0.05, 0.1) is 0 Å². The first-order valence-corrected chi connectivity index (χ1v) is 6.31. The number of hydrogen-bond donors (Lipinski definition) is 1. The van der Waals surface area contributed by atoms with Crippen LogP contribution in [-0.2, 0) is 4.79 Å². The van der Waals surface area contributed by atoms with Crippen LogP contribution in [0.4, 0.5) is 5.69 Å². The number of benzene rings is 1. The van der Waals surface area contributed by atoms with Crippen LogP contribution in [0, 0.1) is 0 Å². The average Bonchev–Trinajstić information content (AvgIpc) is 2.33. The topological polar surface area (TPSA) is 32.3 Å². The van der Waals surface area contributed by atoms with Gasteiger partial charge in [0, 0.05) is 23.7 Å². The Morgan fingerprint density at radius 3 is 2.35 bits per heavy atom. The summed E-state index contributed by atoms with van der Waals surface area (Å²) in [4.78, 5) is 13.9. The highest BCUT2D eigenvalue weighted by Gasteiger charge is 2.05. The third kappa shape index (κ3) is 5.20. The largest absolute Gasteiger partial charge is 0.326 e. The molecule has 3 nitrogen and oxygen atoms in total. The number of hydrogen-bond acceptors (Lipinski definition) is 2. The molecule has 0 aliphatic rings. The van der Waals surface area contributed by atoms with Crippen LogP contribution in [0.15, 0.2) is 24.3 Å². The second kappa shape index (κ2) is 7.30. The Kier molecular flexibility index (Phi) is 6.01. The van der Waals surface area contributed by atoms with Crippen molar-refractivity contribution in [2.45, 2.75) is 20.3 Å². The van der Waals surface area contributed by atoms with Crippen LogP contribution in [0.25, 0.3) is 0 Å². The zero-order valence-electron chi connectivity index (χ0n) is 10.4. The van der Waals surface area contributed by atoms with Crippen molar-refractivity contribution in [3.05, 3.63) is 29.3 Å².